The minimum Gasteiger partial charge on any atom is -0.507 e. The van der Waals surface area contributed by atoms with Crippen molar-refractivity contribution in [1.29, 1.82) is 0 Å². The molecule has 0 aliphatic rings. The molecule has 1 aromatic carbocycles. The van der Waals surface area contributed by atoms with E-state index in [0.29, 0.717) is 0 Å². The second kappa shape index (κ2) is 3.80. The molecular weight excluding hydrogens is 255 g/mol. The van der Waals surface area contributed by atoms with Gasteiger partial charge in [-0.2, -0.15) is 0 Å². The molecule has 4 N–H and O–H groups in total. The number of aromatic nitrogens is 4. The molecule has 96 valence electrons. The molecule has 0 spiro atoms. The van der Waals surface area contributed by atoms with Gasteiger partial charge in [-0.05, 0) is 18.2 Å². The van der Waals surface area contributed by atoms with Crippen molar-refractivity contribution >= 4 is 11.2 Å². The number of rotatable bonds is 1. The first kappa shape index (κ1) is 11.2. The number of halogens is 1. The largest absolute Gasteiger partial charge is 0.507 e. The molecule has 2 aromatic heterocycles. The first-order valence-corrected chi connectivity index (χ1v) is 5.26. The molecule has 0 saturated heterocycles. The van der Waals surface area contributed by atoms with Crippen LogP contribution in [-0.4, -0.2) is 25.0 Å². The lowest BCUT2D eigenvalue weighted by molar-refractivity contribution is 0.475. The van der Waals surface area contributed by atoms with Gasteiger partial charge in [-0.1, -0.05) is 0 Å². The summed E-state index contributed by atoms with van der Waals surface area (Å²) in [5.41, 5.74) is -1.17. The zero-order valence-electron chi connectivity index (χ0n) is 9.32. The van der Waals surface area contributed by atoms with Crippen LogP contribution in [0.2, 0.25) is 0 Å². The van der Waals surface area contributed by atoms with E-state index in [-0.39, 0.29) is 28.3 Å². The van der Waals surface area contributed by atoms with E-state index in [2.05, 4.69) is 15.0 Å². The molecule has 0 bridgehead atoms. The van der Waals surface area contributed by atoms with Gasteiger partial charge in [-0.3, -0.25) is 14.8 Å². The number of fused-ring (bicyclic) bond motifs is 1. The van der Waals surface area contributed by atoms with Crippen molar-refractivity contribution in [3.8, 4) is 17.1 Å². The van der Waals surface area contributed by atoms with E-state index in [4.69, 9.17) is 0 Å². The highest BCUT2D eigenvalue weighted by atomic mass is 19.1. The zero-order chi connectivity index (χ0) is 13.6. The van der Waals surface area contributed by atoms with Crippen molar-refractivity contribution in [2.75, 3.05) is 0 Å². The van der Waals surface area contributed by atoms with Gasteiger partial charge in [0.1, 0.15) is 22.9 Å². The number of aromatic hydroxyl groups is 1. The fourth-order valence-corrected chi connectivity index (χ4v) is 1.76. The maximum atomic E-state index is 13.2. The topological polar surface area (TPSA) is 115 Å². The van der Waals surface area contributed by atoms with Crippen LogP contribution in [0.3, 0.4) is 0 Å². The second-order valence-electron chi connectivity index (χ2n) is 3.88. The van der Waals surface area contributed by atoms with Gasteiger partial charge in [0.25, 0.3) is 5.56 Å². The molecular formula is C11H7FN4O3. The lowest BCUT2D eigenvalue weighted by Gasteiger charge is -2.00. The average Bonchev–Trinajstić information content (AvgIpc) is 2.76. The van der Waals surface area contributed by atoms with E-state index in [1.807, 2.05) is 4.98 Å². The summed E-state index contributed by atoms with van der Waals surface area (Å²) < 4.78 is 13.2. The summed E-state index contributed by atoms with van der Waals surface area (Å²) in [5.74, 6) is -0.672. The molecule has 0 unspecified atom stereocenters. The van der Waals surface area contributed by atoms with Gasteiger partial charge >= 0.3 is 5.69 Å². The maximum absolute atomic E-state index is 13.2. The Morgan fingerprint density at radius 3 is 2.74 bits per heavy atom. The van der Waals surface area contributed by atoms with Gasteiger partial charge in [0.05, 0.1) is 5.56 Å². The van der Waals surface area contributed by atoms with Crippen molar-refractivity contribution in [2.24, 2.45) is 0 Å². The van der Waals surface area contributed by atoms with E-state index in [1.54, 1.807) is 0 Å². The summed E-state index contributed by atoms with van der Waals surface area (Å²) in [6.07, 6.45) is 0. The van der Waals surface area contributed by atoms with Crippen LogP contribution in [0.5, 0.6) is 5.75 Å². The number of H-pyrrole nitrogens is 3. The molecule has 0 fully saturated rings. The lowest BCUT2D eigenvalue weighted by Crippen LogP contribution is -2.21. The average molecular weight is 262 g/mol. The van der Waals surface area contributed by atoms with Crippen LogP contribution in [0, 0.1) is 5.82 Å². The summed E-state index contributed by atoms with van der Waals surface area (Å²) in [6.45, 7) is 0. The van der Waals surface area contributed by atoms with Gasteiger partial charge in [0.2, 0.25) is 0 Å². The maximum Gasteiger partial charge on any atom is 0.327 e. The quantitative estimate of drug-likeness (QED) is 0.509. The van der Waals surface area contributed by atoms with Gasteiger partial charge in [0.15, 0.2) is 5.65 Å². The molecule has 19 heavy (non-hydrogen) atoms. The van der Waals surface area contributed by atoms with Crippen molar-refractivity contribution in [1.82, 2.24) is 19.9 Å². The molecule has 0 aliphatic heterocycles. The number of hydrogen-bond donors (Lipinski definition) is 4. The molecule has 7 nitrogen and oxygen atoms in total. The number of hydrogen-bond acceptors (Lipinski definition) is 4. The Balaban J connectivity index is 2.32. The zero-order valence-corrected chi connectivity index (χ0v) is 9.32. The van der Waals surface area contributed by atoms with Crippen molar-refractivity contribution < 1.29 is 9.50 Å². The monoisotopic (exact) mass is 262 g/mol. The third-order valence-corrected chi connectivity index (χ3v) is 2.60. The predicted molar refractivity (Wildman–Crippen MR) is 64.4 cm³/mol. The Bertz CT molecular complexity index is 893. The fourth-order valence-electron chi connectivity index (χ4n) is 1.76. The first-order valence-electron chi connectivity index (χ1n) is 5.26. The van der Waals surface area contributed by atoms with Gasteiger partial charge in [-0.25, -0.2) is 14.2 Å². The van der Waals surface area contributed by atoms with Crippen LogP contribution >= 0.6 is 0 Å². The fraction of sp³-hybridized carbons (Fsp3) is 0. The van der Waals surface area contributed by atoms with E-state index in [0.717, 1.165) is 12.1 Å². The molecule has 0 saturated carbocycles. The SMILES string of the molecule is O=c1[nH]c(=O)c2[nH]c(-c3cc(F)ccc3O)nc2[nH]1. The van der Waals surface area contributed by atoms with Gasteiger partial charge in [-0.15, -0.1) is 0 Å². The summed E-state index contributed by atoms with van der Waals surface area (Å²) in [5, 5.41) is 9.65. The van der Waals surface area contributed by atoms with Crippen molar-refractivity contribution in [3.63, 3.8) is 0 Å². The van der Waals surface area contributed by atoms with Gasteiger partial charge in [0, 0.05) is 0 Å². The Hall–Kier alpha value is -2.90. The summed E-state index contributed by atoms with van der Waals surface area (Å²) in [7, 11) is 0. The van der Waals surface area contributed by atoms with Crippen LogP contribution in [-0.2, 0) is 0 Å². The molecule has 0 amide bonds. The molecule has 0 atom stereocenters. The summed E-state index contributed by atoms with van der Waals surface area (Å²) in [6, 6.07) is 3.33. The van der Waals surface area contributed by atoms with Crippen molar-refractivity contribution in [3.05, 3.63) is 44.9 Å². The standard InChI is InChI=1S/C11H7FN4O3/c12-4-1-2-6(17)5(3-4)8-13-7-9(14-8)15-11(19)16-10(7)18/h1-3,17H,(H3,13,14,15,16,18,19). The third-order valence-electron chi connectivity index (χ3n) is 2.60. The number of imidazole rings is 1. The summed E-state index contributed by atoms with van der Waals surface area (Å²) >= 11 is 0. The minimum atomic E-state index is -0.695. The normalized spacial score (nSPS) is 11.0. The van der Waals surface area contributed by atoms with E-state index in [9.17, 15) is 19.1 Å². The Kier molecular flexibility index (Phi) is 2.24. The highest BCUT2D eigenvalue weighted by Crippen LogP contribution is 2.27. The number of phenols is 1. The number of benzene rings is 1. The van der Waals surface area contributed by atoms with E-state index < -0.39 is 17.1 Å². The summed E-state index contributed by atoms with van der Waals surface area (Å²) in [4.78, 5) is 33.5. The van der Waals surface area contributed by atoms with Crippen LogP contribution in [0.15, 0.2) is 27.8 Å². The molecule has 0 radical (unpaired) electrons. The number of phenolic OH excluding ortho intramolecular Hbond substituents is 1. The molecule has 8 heteroatoms. The molecule has 3 rings (SSSR count). The van der Waals surface area contributed by atoms with Crippen LogP contribution < -0.4 is 11.2 Å². The lowest BCUT2D eigenvalue weighted by atomic mass is 10.2. The minimum absolute atomic E-state index is 0.0346. The first-order chi connectivity index (χ1) is 9.04. The molecule has 0 aliphatic carbocycles. The Labute approximate surface area is 103 Å². The predicted octanol–water partition coefficient (Wildman–Crippen LogP) is 0.451. The van der Waals surface area contributed by atoms with Crippen LogP contribution in [0.1, 0.15) is 0 Å². The smallest absolute Gasteiger partial charge is 0.327 e. The second-order valence-corrected chi connectivity index (χ2v) is 3.88. The highest BCUT2D eigenvalue weighted by Gasteiger charge is 2.13. The number of aromatic amines is 3. The van der Waals surface area contributed by atoms with E-state index in [1.165, 1.54) is 6.07 Å². The Morgan fingerprint density at radius 2 is 1.95 bits per heavy atom. The van der Waals surface area contributed by atoms with E-state index >= 15 is 0 Å². The van der Waals surface area contributed by atoms with Crippen LogP contribution in [0.25, 0.3) is 22.6 Å². The molecule has 2 heterocycles. The number of nitrogens with one attached hydrogen (secondary N) is 3. The van der Waals surface area contributed by atoms with Gasteiger partial charge < -0.3 is 10.1 Å². The Morgan fingerprint density at radius 1 is 1.16 bits per heavy atom. The van der Waals surface area contributed by atoms with Crippen molar-refractivity contribution in [2.45, 2.75) is 0 Å². The highest BCUT2D eigenvalue weighted by molar-refractivity contribution is 5.76. The molecule has 3 aromatic rings. The third kappa shape index (κ3) is 1.79. The number of nitrogens with zero attached hydrogens (tertiary/aromatic N) is 1. The van der Waals surface area contributed by atoms with Crippen LogP contribution in [0.4, 0.5) is 4.39 Å².